The molecule has 0 spiro atoms. The molecule has 3 rings (SSSR count). The average molecular weight is 312 g/mol. The molecule has 106 valence electrons. The zero-order chi connectivity index (χ0) is 14.4. The van der Waals surface area contributed by atoms with Crippen LogP contribution in [-0.4, -0.2) is 11.8 Å². The summed E-state index contributed by atoms with van der Waals surface area (Å²) >= 11 is 12.1. The first-order valence-electron chi connectivity index (χ1n) is 6.82. The Morgan fingerprint density at radius 3 is 2.55 bits per heavy atom. The third kappa shape index (κ3) is 2.13. The Kier molecular flexibility index (Phi) is 3.51. The van der Waals surface area contributed by atoms with Crippen LogP contribution in [0.25, 0.3) is 0 Å². The summed E-state index contributed by atoms with van der Waals surface area (Å²) in [7, 11) is 0. The van der Waals surface area contributed by atoms with E-state index in [-0.39, 0.29) is 23.7 Å². The summed E-state index contributed by atoms with van der Waals surface area (Å²) in [5, 5.41) is 0.844. The Balaban J connectivity index is 2.00. The number of hydrogen-bond acceptors (Lipinski definition) is 2. The van der Waals surface area contributed by atoms with Gasteiger partial charge in [-0.15, -0.1) is 0 Å². The fourth-order valence-corrected chi connectivity index (χ4v) is 3.65. The van der Waals surface area contributed by atoms with Gasteiger partial charge in [-0.05, 0) is 43.4 Å². The molecule has 1 saturated carbocycles. The zero-order valence-electron chi connectivity index (χ0n) is 11.1. The maximum atomic E-state index is 12.6. The van der Waals surface area contributed by atoms with E-state index in [0.29, 0.717) is 21.7 Å². The molecule has 0 unspecified atom stereocenters. The molecule has 0 N–H and O–H groups in total. The molecule has 20 heavy (non-hydrogen) atoms. The number of fused-ring (bicyclic) bond motifs is 1. The van der Waals surface area contributed by atoms with Crippen molar-refractivity contribution in [2.45, 2.75) is 26.2 Å². The predicted molar refractivity (Wildman–Crippen MR) is 79.0 cm³/mol. The maximum Gasteiger partial charge on any atom is 0.237 e. The summed E-state index contributed by atoms with van der Waals surface area (Å²) in [5.41, 5.74) is 0.413. The Morgan fingerprint density at radius 2 is 1.80 bits per heavy atom. The predicted octanol–water partition coefficient (Wildman–Crippen LogP) is 3.92. The number of hydrogen-bond donors (Lipinski definition) is 0. The minimum atomic E-state index is -0.193. The first-order chi connectivity index (χ1) is 9.49. The summed E-state index contributed by atoms with van der Waals surface area (Å²) in [6, 6.07) is 4.85. The smallest absolute Gasteiger partial charge is 0.237 e. The minimum absolute atomic E-state index is 0.129. The first-order valence-corrected chi connectivity index (χ1v) is 7.57. The van der Waals surface area contributed by atoms with E-state index >= 15 is 0 Å². The number of carbonyl (C=O) groups excluding carboxylic acids is 2. The summed E-state index contributed by atoms with van der Waals surface area (Å²) in [5.74, 6) is -0.149. The van der Waals surface area contributed by atoms with Crippen molar-refractivity contribution in [2.75, 3.05) is 4.90 Å². The maximum absolute atomic E-state index is 12.6. The van der Waals surface area contributed by atoms with Gasteiger partial charge < -0.3 is 0 Å². The highest BCUT2D eigenvalue weighted by Crippen LogP contribution is 2.43. The molecule has 0 aromatic heterocycles. The van der Waals surface area contributed by atoms with Gasteiger partial charge in [0.1, 0.15) is 0 Å². The van der Waals surface area contributed by atoms with Crippen molar-refractivity contribution in [3.05, 3.63) is 28.2 Å². The number of anilines is 1. The van der Waals surface area contributed by atoms with Crippen LogP contribution < -0.4 is 4.90 Å². The van der Waals surface area contributed by atoms with Crippen LogP contribution in [0.5, 0.6) is 0 Å². The van der Waals surface area contributed by atoms with E-state index in [0.717, 1.165) is 19.3 Å². The Morgan fingerprint density at radius 1 is 1.10 bits per heavy atom. The summed E-state index contributed by atoms with van der Waals surface area (Å²) < 4.78 is 0. The molecule has 5 heteroatoms. The Hall–Kier alpha value is -1.06. The van der Waals surface area contributed by atoms with E-state index < -0.39 is 0 Å². The quantitative estimate of drug-likeness (QED) is 0.737. The molecular weight excluding hydrogens is 297 g/mol. The van der Waals surface area contributed by atoms with Crippen LogP contribution >= 0.6 is 23.2 Å². The van der Waals surface area contributed by atoms with E-state index in [1.165, 1.54) is 4.90 Å². The fraction of sp³-hybridized carbons (Fsp3) is 0.467. The van der Waals surface area contributed by atoms with Gasteiger partial charge in [0.15, 0.2) is 0 Å². The molecule has 0 bridgehead atoms. The molecule has 1 aliphatic heterocycles. The van der Waals surface area contributed by atoms with Gasteiger partial charge in [0, 0.05) is 5.02 Å². The normalized spacial score (nSPS) is 29.8. The molecule has 1 saturated heterocycles. The number of benzene rings is 1. The molecule has 1 aromatic carbocycles. The molecular formula is C15H15Cl2NO2. The van der Waals surface area contributed by atoms with Crippen LogP contribution in [0, 0.1) is 17.8 Å². The number of imide groups is 1. The molecule has 3 atom stereocenters. The van der Waals surface area contributed by atoms with Crippen LogP contribution in [0.2, 0.25) is 10.0 Å². The van der Waals surface area contributed by atoms with Gasteiger partial charge in [-0.1, -0.05) is 30.1 Å². The fourth-order valence-electron chi connectivity index (χ4n) is 3.28. The lowest BCUT2D eigenvalue weighted by atomic mass is 9.76. The van der Waals surface area contributed by atoms with Crippen LogP contribution in [0.15, 0.2) is 18.2 Å². The third-order valence-electron chi connectivity index (χ3n) is 4.34. The summed E-state index contributed by atoms with van der Waals surface area (Å²) in [6.07, 6.45) is 2.56. The highest BCUT2D eigenvalue weighted by molar-refractivity contribution is 6.37. The van der Waals surface area contributed by atoms with Gasteiger partial charge in [0.05, 0.1) is 22.5 Å². The van der Waals surface area contributed by atoms with Crippen molar-refractivity contribution in [3.8, 4) is 0 Å². The van der Waals surface area contributed by atoms with Gasteiger partial charge >= 0.3 is 0 Å². The van der Waals surface area contributed by atoms with Crippen LogP contribution in [-0.2, 0) is 9.59 Å². The van der Waals surface area contributed by atoms with Crippen molar-refractivity contribution >= 4 is 40.7 Å². The van der Waals surface area contributed by atoms with Gasteiger partial charge in [-0.3, -0.25) is 9.59 Å². The van der Waals surface area contributed by atoms with Crippen molar-refractivity contribution in [1.29, 1.82) is 0 Å². The van der Waals surface area contributed by atoms with E-state index in [2.05, 4.69) is 6.92 Å². The molecule has 2 fully saturated rings. The lowest BCUT2D eigenvalue weighted by Crippen LogP contribution is -2.31. The lowest BCUT2D eigenvalue weighted by Gasteiger charge is -2.25. The lowest BCUT2D eigenvalue weighted by molar-refractivity contribution is -0.122. The number of carbonyl (C=O) groups is 2. The second-order valence-electron chi connectivity index (χ2n) is 5.74. The second-order valence-corrected chi connectivity index (χ2v) is 6.58. The third-order valence-corrected chi connectivity index (χ3v) is 4.89. The number of halogens is 2. The standard InChI is InChI=1S/C15H15Cl2NO2/c1-8-2-4-10-11(6-8)15(20)18(14(10)19)13-7-9(16)3-5-12(13)17/h3,5,7-8,10-11H,2,4,6H2,1H3/t8-,10+,11+/m1/s1. The zero-order valence-corrected chi connectivity index (χ0v) is 12.6. The second kappa shape index (κ2) is 5.05. The molecule has 2 amide bonds. The van der Waals surface area contributed by atoms with Crippen molar-refractivity contribution in [2.24, 2.45) is 17.8 Å². The van der Waals surface area contributed by atoms with Crippen LogP contribution in [0.3, 0.4) is 0 Å². The molecule has 2 aliphatic rings. The van der Waals surface area contributed by atoms with Crippen LogP contribution in [0.4, 0.5) is 5.69 Å². The molecule has 3 nitrogen and oxygen atoms in total. The largest absolute Gasteiger partial charge is 0.274 e. The van der Waals surface area contributed by atoms with E-state index in [1.54, 1.807) is 18.2 Å². The average Bonchev–Trinajstić information content (AvgIpc) is 2.65. The number of nitrogens with zero attached hydrogens (tertiary/aromatic N) is 1. The van der Waals surface area contributed by atoms with Gasteiger partial charge in [-0.25, -0.2) is 4.90 Å². The van der Waals surface area contributed by atoms with E-state index in [1.807, 2.05) is 0 Å². The molecule has 0 radical (unpaired) electrons. The van der Waals surface area contributed by atoms with Gasteiger partial charge in [0.2, 0.25) is 11.8 Å². The molecule has 1 heterocycles. The van der Waals surface area contributed by atoms with Crippen molar-refractivity contribution < 1.29 is 9.59 Å². The monoisotopic (exact) mass is 311 g/mol. The topological polar surface area (TPSA) is 37.4 Å². The van der Waals surface area contributed by atoms with Gasteiger partial charge in [-0.2, -0.15) is 0 Å². The Labute approximate surface area is 127 Å². The van der Waals surface area contributed by atoms with Crippen molar-refractivity contribution in [3.63, 3.8) is 0 Å². The molecule has 1 aromatic rings. The van der Waals surface area contributed by atoms with Crippen LogP contribution in [0.1, 0.15) is 26.2 Å². The van der Waals surface area contributed by atoms with E-state index in [4.69, 9.17) is 23.2 Å². The van der Waals surface area contributed by atoms with Crippen molar-refractivity contribution in [1.82, 2.24) is 0 Å². The highest BCUT2D eigenvalue weighted by Gasteiger charge is 2.50. The molecule has 1 aliphatic carbocycles. The van der Waals surface area contributed by atoms with E-state index in [9.17, 15) is 9.59 Å². The van der Waals surface area contributed by atoms with Gasteiger partial charge in [0.25, 0.3) is 0 Å². The SMILES string of the molecule is C[C@@H]1CC[C@@H]2C(=O)N(c3cc(Cl)ccc3Cl)C(=O)[C@H]2C1. The summed E-state index contributed by atoms with van der Waals surface area (Å²) in [6.45, 7) is 2.13. The highest BCUT2D eigenvalue weighted by atomic mass is 35.5. The Bertz CT molecular complexity index is 587. The summed E-state index contributed by atoms with van der Waals surface area (Å²) in [4.78, 5) is 26.3. The first kappa shape index (κ1) is 13.9. The number of rotatable bonds is 1. The number of amides is 2. The minimum Gasteiger partial charge on any atom is -0.274 e.